The van der Waals surface area contributed by atoms with Crippen LogP contribution in [0.25, 0.3) is 5.69 Å². The lowest BCUT2D eigenvalue weighted by molar-refractivity contribution is 0.415. The third kappa shape index (κ3) is 3.05. The molecule has 0 saturated carbocycles. The van der Waals surface area contributed by atoms with Gasteiger partial charge < -0.3 is 9.30 Å². The number of ether oxygens (including phenoxy) is 1. The zero-order valence-electron chi connectivity index (χ0n) is 12.1. The molecule has 0 fully saturated rings. The lowest BCUT2D eigenvalue weighted by atomic mass is 10.3. The van der Waals surface area contributed by atoms with E-state index in [-0.39, 0.29) is 0 Å². The summed E-state index contributed by atoms with van der Waals surface area (Å²) in [6.07, 6.45) is 3.81. The highest BCUT2D eigenvalue weighted by atomic mass is 35.5. The van der Waals surface area contributed by atoms with E-state index < -0.39 is 0 Å². The van der Waals surface area contributed by atoms with Crippen molar-refractivity contribution in [3.8, 4) is 11.4 Å². The molecule has 0 aliphatic carbocycles. The minimum absolute atomic E-state index is 0.640. The van der Waals surface area contributed by atoms with Crippen LogP contribution < -0.4 is 4.74 Å². The first kappa shape index (κ1) is 14.4. The molecule has 22 heavy (non-hydrogen) atoms. The molecule has 2 aromatic carbocycles. The second kappa shape index (κ2) is 6.50. The number of nitrogens with zero attached hydrogens (tertiary/aromatic N) is 2. The number of benzene rings is 2. The van der Waals surface area contributed by atoms with Gasteiger partial charge >= 0.3 is 0 Å². The summed E-state index contributed by atoms with van der Waals surface area (Å²) >= 11 is 6.12. The Morgan fingerprint density at radius 2 is 1.77 bits per heavy atom. The van der Waals surface area contributed by atoms with Gasteiger partial charge in [0.25, 0.3) is 0 Å². The molecule has 0 amide bonds. The first-order chi connectivity index (χ1) is 10.8. The predicted molar refractivity (Wildman–Crippen MR) is 91.0 cm³/mol. The van der Waals surface area contributed by atoms with Crippen molar-refractivity contribution in [3.05, 3.63) is 77.6 Å². The van der Waals surface area contributed by atoms with E-state index in [1.165, 1.54) is 0 Å². The highest BCUT2D eigenvalue weighted by Gasteiger charge is 2.02. The van der Waals surface area contributed by atoms with Gasteiger partial charge in [0.1, 0.15) is 5.75 Å². The average molecular weight is 311 g/mol. The van der Waals surface area contributed by atoms with Crippen molar-refractivity contribution in [3.63, 3.8) is 0 Å². The molecule has 4 heteroatoms. The highest BCUT2D eigenvalue weighted by Crippen LogP contribution is 2.24. The van der Waals surface area contributed by atoms with Crippen LogP contribution in [0.1, 0.15) is 5.69 Å². The molecule has 0 atom stereocenters. The Morgan fingerprint density at radius 1 is 1.00 bits per heavy atom. The van der Waals surface area contributed by atoms with Crippen LogP contribution in [0.3, 0.4) is 0 Å². The largest absolute Gasteiger partial charge is 0.497 e. The van der Waals surface area contributed by atoms with Crippen molar-refractivity contribution in [1.82, 2.24) is 4.57 Å². The minimum atomic E-state index is 0.640. The predicted octanol–water partition coefficient (Wildman–Crippen LogP) is 4.89. The summed E-state index contributed by atoms with van der Waals surface area (Å²) in [4.78, 5) is 4.47. The number of halogens is 1. The quantitative estimate of drug-likeness (QED) is 0.630. The molecule has 1 aromatic heterocycles. The average Bonchev–Trinajstić information content (AvgIpc) is 3.03. The molecule has 0 saturated heterocycles. The van der Waals surface area contributed by atoms with Crippen LogP contribution in [-0.4, -0.2) is 17.9 Å². The Hall–Kier alpha value is -2.52. The number of aliphatic imine (C=N–C) groups is 1. The number of aromatic nitrogens is 1. The van der Waals surface area contributed by atoms with Crippen LogP contribution >= 0.6 is 11.6 Å². The molecule has 110 valence electrons. The number of rotatable bonds is 4. The second-order valence-corrected chi connectivity index (χ2v) is 5.12. The summed E-state index contributed by atoms with van der Waals surface area (Å²) in [6, 6.07) is 19.4. The van der Waals surface area contributed by atoms with Gasteiger partial charge in [0.2, 0.25) is 0 Å². The number of hydrogen-bond donors (Lipinski definition) is 0. The first-order valence-electron chi connectivity index (χ1n) is 6.88. The lowest BCUT2D eigenvalue weighted by Crippen LogP contribution is -1.97. The Kier molecular flexibility index (Phi) is 4.26. The van der Waals surface area contributed by atoms with Gasteiger partial charge in [0, 0.05) is 11.9 Å². The van der Waals surface area contributed by atoms with Gasteiger partial charge in [-0.25, -0.2) is 0 Å². The molecule has 0 bridgehead atoms. The van der Waals surface area contributed by atoms with Gasteiger partial charge in [-0.2, -0.15) is 0 Å². The zero-order valence-corrected chi connectivity index (χ0v) is 12.9. The monoisotopic (exact) mass is 310 g/mol. The minimum Gasteiger partial charge on any atom is -0.497 e. The van der Waals surface area contributed by atoms with Crippen molar-refractivity contribution in [2.24, 2.45) is 4.99 Å². The smallest absolute Gasteiger partial charge is 0.119 e. The van der Waals surface area contributed by atoms with Crippen LogP contribution in [0, 0.1) is 0 Å². The van der Waals surface area contributed by atoms with E-state index in [2.05, 4.69) is 9.56 Å². The normalized spacial score (nSPS) is 11.0. The molecule has 1 heterocycles. The van der Waals surface area contributed by atoms with Crippen molar-refractivity contribution in [2.75, 3.05) is 7.11 Å². The van der Waals surface area contributed by atoms with Crippen LogP contribution in [0.15, 0.2) is 71.9 Å². The Balaban J connectivity index is 1.90. The van der Waals surface area contributed by atoms with Crippen LogP contribution in [0.5, 0.6) is 5.75 Å². The third-order valence-corrected chi connectivity index (χ3v) is 3.64. The summed E-state index contributed by atoms with van der Waals surface area (Å²) in [5.41, 5.74) is 2.78. The SMILES string of the molecule is COc1ccc(-n2cccc2C=Nc2ccccc2Cl)cc1. The molecule has 3 aromatic rings. The Labute approximate surface area is 134 Å². The summed E-state index contributed by atoms with van der Waals surface area (Å²) in [5, 5.41) is 0.640. The highest BCUT2D eigenvalue weighted by molar-refractivity contribution is 6.33. The van der Waals surface area contributed by atoms with Crippen molar-refractivity contribution >= 4 is 23.5 Å². The summed E-state index contributed by atoms with van der Waals surface area (Å²) in [6.45, 7) is 0. The van der Waals surface area contributed by atoms with Gasteiger partial charge in [0.15, 0.2) is 0 Å². The summed E-state index contributed by atoms with van der Waals surface area (Å²) in [5.74, 6) is 0.835. The van der Waals surface area contributed by atoms with Gasteiger partial charge in [-0.15, -0.1) is 0 Å². The maximum absolute atomic E-state index is 6.12. The number of methoxy groups -OCH3 is 1. The van der Waals surface area contributed by atoms with Crippen LogP contribution in [-0.2, 0) is 0 Å². The zero-order chi connectivity index (χ0) is 15.4. The van der Waals surface area contributed by atoms with Crippen LogP contribution in [0.4, 0.5) is 5.69 Å². The van der Waals surface area contributed by atoms with Crippen molar-refractivity contribution in [2.45, 2.75) is 0 Å². The van der Waals surface area contributed by atoms with Gasteiger partial charge in [0.05, 0.1) is 29.7 Å². The van der Waals surface area contributed by atoms with E-state index in [1.54, 1.807) is 7.11 Å². The van der Waals surface area contributed by atoms with Crippen LogP contribution in [0.2, 0.25) is 5.02 Å². The van der Waals surface area contributed by atoms with Gasteiger partial charge in [-0.3, -0.25) is 4.99 Å². The van der Waals surface area contributed by atoms with E-state index in [9.17, 15) is 0 Å². The molecule has 0 unspecified atom stereocenters. The van der Waals surface area contributed by atoms with E-state index in [0.717, 1.165) is 22.8 Å². The fourth-order valence-electron chi connectivity index (χ4n) is 2.17. The number of hydrogen-bond acceptors (Lipinski definition) is 2. The van der Waals surface area contributed by atoms with E-state index in [1.807, 2.05) is 73.1 Å². The second-order valence-electron chi connectivity index (χ2n) is 4.71. The molecule has 0 aliphatic heterocycles. The summed E-state index contributed by atoms with van der Waals surface area (Å²) in [7, 11) is 1.66. The molecule has 0 spiro atoms. The molecule has 0 N–H and O–H groups in total. The van der Waals surface area contributed by atoms with Crippen molar-refractivity contribution in [1.29, 1.82) is 0 Å². The van der Waals surface area contributed by atoms with Crippen molar-refractivity contribution < 1.29 is 4.74 Å². The molecule has 3 nitrogen and oxygen atoms in total. The Morgan fingerprint density at radius 3 is 2.50 bits per heavy atom. The molecular weight excluding hydrogens is 296 g/mol. The third-order valence-electron chi connectivity index (χ3n) is 3.32. The van der Waals surface area contributed by atoms with E-state index >= 15 is 0 Å². The van der Waals surface area contributed by atoms with Gasteiger partial charge in [-0.1, -0.05) is 23.7 Å². The Bertz CT molecular complexity index is 791. The molecule has 0 radical (unpaired) electrons. The summed E-state index contributed by atoms with van der Waals surface area (Å²) < 4.78 is 7.24. The topological polar surface area (TPSA) is 26.5 Å². The molecule has 3 rings (SSSR count). The van der Waals surface area contributed by atoms with E-state index in [0.29, 0.717) is 5.02 Å². The maximum atomic E-state index is 6.12. The van der Waals surface area contributed by atoms with Gasteiger partial charge in [-0.05, 0) is 48.5 Å². The first-order valence-corrected chi connectivity index (χ1v) is 7.26. The molecule has 0 aliphatic rings. The molecular formula is C18H15ClN2O. The fourth-order valence-corrected chi connectivity index (χ4v) is 2.35. The standard InChI is InChI=1S/C18H15ClN2O/c1-22-16-10-8-14(9-11-16)21-12-4-5-15(21)13-20-18-7-3-2-6-17(18)19/h2-13H,1H3. The van der Waals surface area contributed by atoms with E-state index in [4.69, 9.17) is 16.3 Å². The lowest BCUT2D eigenvalue weighted by Gasteiger charge is -2.07. The maximum Gasteiger partial charge on any atom is 0.119 e. The fraction of sp³-hybridized carbons (Fsp3) is 0.0556. The number of para-hydroxylation sites is 1.